The van der Waals surface area contributed by atoms with Gasteiger partial charge in [0, 0.05) is 11.6 Å². The minimum atomic E-state index is -3.35. The van der Waals surface area contributed by atoms with Crippen LogP contribution in [0.15, 0.2) is 28.5 Å². The SMILES string of the molecule is CS(=O)(=O)c1ccc(F)c(NCc2csnn2)c1. The van der Waals surface area contributed by atoms with Crippen LogP contribution in [0, 0.1) is 5.82 Å². The van der Waals surface area contributed by atoms with Crippen LogP contribution in [0.3, 0.4) is 0 Å². The van der Waals surface area contributed by atoms with Crippen molar-refractivity contribution in [2.24, 2.45) is 0 Å². The molecule has 2 aromatic rings. The molecule has 0 aliphatic rings. The Labute approximate surface area is 108 Å². The lowest BCUT2D eigenvalue weighted by molar-refractivity contribution is 0.600. The first-order valence-electron chi connectivity index (χ1n) is 4.96. The molecule has 0 amide bonds. The molecule has 1 heterocycles. The fraction of sp³-hybridized carbons (Fsp3) is 0.200. The molecule has 2 rings (SSSR count). The van der Waals surface area contributed by atoms with Gasteiger partial charge in [-0.1, -0.05) is 4.49 Å². The van der Waals surface area contributed by atoms with Crippen LogP contribution in [0.25, 0.3) is 0 Å². The number of hydrogen-bond donors (Lipinski definition) is 1. The lowest BCUT2D eigenvalue weighted by atomic mass is 10.3. The molecule has 1 aromatic carbocycles. The van der Waals surface area contributed by atoms with Gasteiger partial charge in [-0.15, -0.1) is 5.10 Å². The van der Waals surface area contributed by atoms with Crippen molar-refractivity contribution >= 4 is 27.1 Å². The summed E-state index contributed by atoms with van der Waals surface area (Å²) < 4.78 is 39.9. The van der Waals surface area contributed by atoms with Gasteiger partial charge >= 0.3 is 0 Å². The van der Waals surface area contributed by atoms with Crippen LogP contribution in [0.2, 0.25) is 0 Å². The summed E-state index contributed by atoms with van der Waals surface area (Å²) in [5, 5.41) is 8.32. The van der Waals surface area contributed by atoms with Crippen LogP contribution in [0.5, 0.6) is 0 Å². The number of anilines is 1. The summed E-state index contributed by atoms with van der Waals surface area (Å²) in [6, 6.07) is 3.63. The van der Waals surface area contributed by atoms with Crippen LogP contribution in [-0.4, -0.2) is 24.3 Å². The van der Waals surface area contributed by atoms with Crippen molar-refractivity contribution < 1.29 is 12.8 Å². The van der Waals surface area contributed by atoms with Crippen molar-refractivity contribution in [3.8, 4) is 0 Å². The average Bonchev–Trinajstić information content (AvgIpc) is 2.79. The number of hydrogen-bond acceptors (Lipinski definition) is 6. The number of rotatable bonds is 4. The highest BCUT2D eigenvalue weighted by Gasteiger charge is 2.11. The molecule has 0 spiro atoms. The van der Waals surface area contributed by atoms with E-state index in [2.05, 4.69) is 14.9 Å². The normalized spacial score (nSPS) is 11.4. The topological polar surface area (TPSA) is 72.0 Å². The van der Waals surface area contributed by atoms with Gasteiger partial charge in [-0.2, -0.15) is 0 Å². The zero-order valence-electron chi connectivity index (χ0n) is 9.42. The van der Waals surface area contributed by atoms with Crippen LogP contribution >= 0.6 is 11.5 Å². The molecule has 8 heteroatoms. The summed E-state index contributed by atoms with van der Waals surface area (Å²) in [7, 11) is -3.35. The van der Waals surface area contributed by atoms with Crippen LogP contribution in [-0.2, 0) is 16.4 Å². The molecule has 96 valence electrons. The number of nitrogens with one attached hydrogen (secondary N) is 1. The Kier molecular flexibility index (Phi) is 3.58. The van der Waals surface area contributed by atoms with E-state index in [0.29, 0.717) is 12.2 Å². The molecule has 0 unspecified atom stereocenters. The molecular formula is C10H10FN3O2S2. The number of halogens is 1. The standard InChI is InChI=1S/C10H10FN3O2S2/c1-18(15,16)8-2-3-9(11)10(4-8)12-5-7-6-17-14-13-7/h2-4,6,12H,5H2,1H3. The fourth-order valence-electron chi connectivity index (χ4n) is 1.32. The quantitative estimate of drug-likeness (QED) is 0.866. The van der Waals surface area contributed by atoms with Gasteiger partial charge in [0.1, 0.15) is 5.82 Å². The second-order valence-electron chi connectivity index (χ2n) is 3.66. The molecule has 5 nitrogen and oxygen atoms in total. The van der Waals surface area contributed by atoms with Crippen LogP contribution in [0.4, 0.5) is 10.1 Å². The first-order valence-corrected chi connectivity index (χ1v) is 7.69. The summed E-state index contributed by atoms with van der Waals surface area (Å²) in [5.74, 6) is -0.509. The van der Waals surface area contributed by atoms with Crippen molar-refractivity contribution in [1.82, 2.24) is 9.59 Å². The van der Waals surface area contributed by atoms with Gasteiger partial charge in [0.05, 0.1) is 22.8 Å². The largest absolute Gasteiger partial charge is 0.377 e. The molecule has 0 atom stereocenters. The third-order valence-electron chi connectivity index (χ3n) is 2.23. The summed E-state index contributed by atoms with van der Waals surface area (Å²) in [6.45, 7) is 0.292. The average molecular weight is 287 g/mol. The van der Waals surface area contributed by atoms with Gasteiger partial charge in [0.25, 0.3) is 0 Å². The summed E-state index contributed by atoms with van der Waals surface area (Å²) in [4.78, 5) is 0.0720. The smallest absolute Gasteiger partial charge is 0.175 e. The van der Waals surface area contributed by atoms with E-state index in [1.807, 2.05) is 0 Å². The Balaban J connectivity index is 2.22. The highest BCUT2D eigenvalue weighted by Crippen LogP contribution is 2.20. The van der Waals surface area contributed by atoms with E-state index in [0.717, 1.165) is 12.3 Å². The van der Waals surface area contributed by atoms with E-state index in [4.69, 9.17) is 0 Å². The van der Waals surface area contributed by atoms with Gasteiger partial charge < -0.3 is 5.32 Å². The van der Waals surface area contributed by atoms with Gasteiger partial charge in [-0.3, -0.25) is 0 Å². The molecule has 1 N–H and O–H groups in total. The van der Waals surface area contributed by atoms with E-state index >= 15 is 0 Å². The predicted molar refractivity (Wildman–Crippen MR) is 66.7 cm³/mol. The van der Waals surface area contributed by atoms with E-state index < -0.39 is 15.7 Å². The number of nitrogens with zero attached hydrogens (tertiary/aromatic N) is 2. The monoisotopic (exact) mass is 287 g/mol. The summed E-state index contributed by atoms with van der Waals surface area (Å²) >= 11 is 1.20. The molecule has 0 radical (unpaired) electrons. The maximum atomic E-state index is 13.5. The van der Waals surface area contributed by atoms with Crippen molar-refractivity contribution in [2.45, 2.75) is 11.4 Å². The van der Waals surface area contributed by atoms with Crippen molar-refractivity contribution in [3.05, 3.63) is 35.1 Å². The Morgan fingerprint density at radius 1 is 1.44 bits per heavy atom. The lowest BCUT2D eigenvalue weighted by Gasteiger charge is -2.07. The minimum absolute atomic E-state index is 0.0720. The molecule has 0 bridgehead atoms. The van der Waals surface area contributed by atoms with E-state index in [1.54, 1.807) is 5.38 Å². The first kappa shape index (κ1) is 12.9. The second kappa shape index (κ2) is 4.99. The van der Waals surface area contributed by atoms with E-state index in [-0.39, 0.29) is 10.6 Å². The minimum Gasteiger partial charge on any atom is -0.377 e. The zero-order valence-corrected chi connectivity index (χ0v) is 11.1. The van der Waals surface area contributed by atoms with Crippen molar-refractivity contribution in [2.75, 3.05) is 11.6 Å². The van der Waals surface area contributed by atoms with Gasteiger partial charge in [0.2, 0.25) is 0 Å². The molecule has 0 aliphatic carbocycles. The maximum Gasteiger partial charge on any atom is 0.175 e. The molecule has 1 aromatic heterocycles. The van der Waals surface area contributed by atoms with E-state index in [9.17, 15) is 12.8 Å². The Hall–Kier alpha value is -1.54. The fourth-order valence-corrected chi connectivity index (χ4v) is 2.42. The number of sulfone groups is 1. The lowest BCUT2D eigenvalue weighted by Crippen LogP contribution is -2.04. The van der Waals surface area contributed by atoms with Gasteiger partial charge in [0.15, 0.2) is 9.84 Å². The summed E-state index contributed by atoms with van der Waals surface area (Å²) in [6.07, 6.45) is 1.08. The van der Waals surface area contributed by atoms with Crippen molar-refractivity contribution in [3.63, 3.8) is 0 Å². The van der Waals surface area contributed by atoms with Crippen LogP contribution < -0.4 is 5.32 Å². The molecule has 0 saturated carbocycles. The Morgan fingerprint density at radius 3 is 2.83 bits per heavy atom. The highest BCUT2D eigenvalue weighted by molar-refractivity contribution is 7.90. The first-order chi connectivity index (χ1) is 8.47. The van der Waals surface area contributed by atoms with Crippen molar-refractivity contribution in [1.29, 1.82) is 0 Å². The summed E-state index contributed by atoms with van der Waals surface area (Å²) in [5.41, 5.74) is 0.801. The second-order valence-corrected chi connectivity index (χ2v) is 6.29. The Bertz CT molecular complexity index is 641. The zero-order chi connectivity index (χ0) is 13.2. The van der Waals surface area contributed by atoms with Gasteiger partial charge in [-0.25, -0.2) is 12.8 Å². The molecule has 0 saturated heterocycles. The molecular weight excluding hydrogens is 277 g/mol. The molecule has 0 aliphatic heterocycles. The number of benzene rings is 1. The third-order valence-corrected chi connectivity index (χ3v) is 3.89. The van der Waals surface area contributed by atoms with E-state index in [1.165, 1.54) is 23.7 Å². The molecule has 0 fully saturated rings. The molecule has 18 heavy (non-hydrogen) atoms. The predicted octanol–water partition coefficient (Wildman–Crippen LogP) is 1.69. The van der Waals surface area contributed by atoms with Crippen LogP contribution in [0.1, 0.15) is 5.69 Å². The maximum absolute atomic E-state index is 13.5. The number of aromatic nitrogens is 2. The highest BCUT2D eigenvalue weighted by atomic mass is 32.2. The Morgan fingerprint density at radius 2 is 2.22 bits per heavy atom. The third kappa shape index (κ3) is 3.02. The van der Waals surface area contributed by atoms with Gasteiger partial charge in [-0.05, 0) is 29.7 Å².